The molecular weight excluding hydrogens is 222 g/mol. The minimum Gasteiger partial charge on any atom is -0.497 e. The van der Waals surface area contributed by atoms with Gasteiger partial charge in [0.25, 0.3) is 0 Å². The van der Waals surface area contributed by atoms with E-state index in [1.54, 1.807) is 31.5 Å². The summed E-state index contributed by atoms with van der Waals surface area (Å²) < 4.78 is 15.2. The summed E-state index contributed by atoms with van der Waals surface area (Å²) in [5.74, 6) is 1.11. The largest absolute Gasteiger partial charge is 0.497 e. The van der Waals surface area contributed by atoms with Crippen LogP contribution in [0.3, 0.4) is 0 Å². The molecule has 0 N–H and O–H groups in total. The number of aromatic nitrogens is 1. The highest BCUT2D eigenvalue weighted by Crippen LogP contribution is 2.24. The number of carbonyl (C=O) groups is 1. The second-order valence-electron chi connectivity index (χ2n) is 3.34. The summed E-state index contributed by atoms with van der Waals surface area (Å²) in [4.78, 5) is 10.8. The van der Waals surface area contributed by atoms with Gasteiger partial charge in [-0.2, -0.15) is 0 Å². The maximum atomic E-state index is 10.8. The highest BCUT2D eigenvalue weighted by molar-refractivity contribution is 5.79. The molecule has 5 heteroatoms. The molecule has 1 heterocycles. The average molecular weight is 233 g/mol. The summed E-state index contributed by atoms with van der Waals surface area (Å²) in [6.07, 6.45) is 3.78. The van der Waals surface area contributed by atoms with Gasteiger partial charge in [-0.3, -0.25) is 4.79 Å². The first-order chi connectivity index (χ1) is 8.33. The van der Waals surface area contributed by atoms with Crippen LogP contribution in [0.5, 0.6) is 11.5 Å². The summed E-state index contributed by atoms with van der Waals surface area (Å²) in [5.41, 5.74) is 1.27. The van der Waals surface area contributed by atoms with Crippen LogP contribution < -0.4 is 9.47 Å². The number of benzene rings is 1. The average Bonchev–Trinajstić information content (AvgIpc) is 2.89. The second kappa shape index (κ2) is 5.16. The molecule has 1 aromatic carbocycles. The number of hydrogen-bond acceptors (Lipinski definition) is 5. The van der Waals surface area contributed by atoms with Gasteiger partial charge in [0.15, 0.2) is 6.29 Å². The van der Waals surface area contributed by atoms with E-state index in [0.717, 1.165) is 11.8 Å². The first kappa shape index (κ1) is 11.2. The van der Waals surface area contributed by atoms with Crippen molar-refractivity contribution in [1.29, 1.82) is 0 Å². The minimum atomic E-state index is 0.289. The van der Waals surface area contributed by atoms with Gasteiger partial charge in [0, 0.05) is 11.6 Å². The monoisotopic (exact) mass is 233 g/mol. The van der Waals surface area contributed by atoms with Crippen LogP contribution in [-0.4, -0.2) is 18.6 Å². The fourth-order valence-electron chi connectivity index (χ4n) is 1.32. The molecule has 5 nitrogen and oxygen atoms in total. The normalized spacial score (nSPS) is 9.94. The Kier molecular flexibility index (Phi) is 3.40. The Morgan fingerprint density at radius 2 is 2.35 bits per heavy atom. The molecule has 2 aromatic rings. The standard InChI is InChI=1S/C12H11NO4/c1-15-11-3-2-10(6-14)12(4-11)16-7-9-5-13-17-8-9/h2-6,8H,7H2,1H3. The SMILES string of the molecule is COc1ccc(C=O)c(OCc2cnoc2)c1. The molecule has 0 aliphatic heterocycles. The molecule has 0 aliphatic carbocycles. The highest BCUT2D eigenvalue weighted by atomic mass is 16.5. The van der Waals surface area contributed by atoms with E-state index >= 15 is 0 Å². The zero-order valence-electron chi connectivity index (χ0n) is 9.25. The van der Waals surface area contributed by atoms with Crippen molar-refractivity contribution in [3.8, 4) is 11.5 Å². The molecule has 17 heavy (non-hydrogen) atoms. The Hall–Kier alpha value is -2.30. The highest BCUT2D eigenvalue weighted by Gasteiger charge is 2.06. The molecule has 0 radical (unpaired) electrons. The quantitative estimate of drug-likeness (QED) is 0.740. The Morgan fingerprint density at radius 3 is 3.00 bits per heavy atom. The van der Waals surface area contributed by atoms with Gasteiger partial charge in [-0.25, -0.2) is 0 Å². The molecule has 0 saturated heterocycles. The van der Waals surface area contributed by atoms with Crippen LogP contribution in [0.25, 0.3) is 0 Å². The van der Waals surface area contributed by atoms with Crippen molar-refractivity contribution in [2.24, 2.45) is 0 Å². The maximum absolute atomic E-state index is 10.8. The molecule has 0 unspecified atom stereocenters. The van der Waals surface area contributed by atoms with E-state index in [-0.39, 0.29) is 6.61 Å². The lowest BCUT2D eigenvalue weighted by Crippen LogP contribution is -1.98. The van der Waals surface area contributed by atoms with Gasteiger partial charge >= 0.3 is 0 Å². The van der Waals surface area contributed by atoms with Gasteiger partial charge in [-0.15, -0.1) is 0 Å². The van der Waals surface area contributed by atoms with Crippen molar-refractivity contribution in [1.82, 2.24) is 5.16 Å². The molecule has 1 aromatic heterocycles. The van der Waals surface area contributed by atoms with Gasteiger partial charge in [-0.05, 0) is 12.1 Å². The molecule has 88 valence electrons. The molecule has 0 aliphatic rings. The molecule has 0 atom stereocenters. The van der Waals surface area contributed by atoms with E-state index in [9.17, 15) is 4.79 Å². The third kappa shape index (κ3) is 2.63. The van der Waals surface area contributed by atoms with E-state index in [1.807, 2.05) is 0 Å². The van der Waals surface area contributed by atoms with Crippen LogP contribution in [0, 0.1) is 0 Å². The molecule has 0 amide bonds. The van der Waals surface area contributed by atoms with E-state index in [4.69, 9.17) is 9.47 Å². The predicted molar refractivity (Wildman–Crippen MR) is 59.2 cm³/mol. The molecule has 0 saturated carbocycles. The molecule has 0 fully saturated rings. The van der Waals surface area contributed by atoms with Crippen molar-refractivity contribution in [3.63, 3.8) is 0 Å². The summed E-state index contributed by atoms with van der Waals surface area (Å²) >= 11 is 0. The van der Waals surface area contributed by atoms with E-state index in [1.165, 1.54) is 6.26 Å². The number of carbonyl (C=O) groups excluding carboxylic acids is 1. The van der Waals surface area contributed by atoms with Crippen LogP contribution in [0.2, 0.25) is 0 Å². The molecule has 0 spiro atoms. The first-order valence-corrected chi connectivity index (χ1v) is 4.97. The van der Waals surface area contributed by atoms with Crippen LogP contribution in [0.4, 0.5) is 0 Å². The Labute approximate surface area is 97.9 Å². The Bertz CT molecular complexity index is 493. The lowest BCUT2D eigenvalue weighted by Gasteiger charge is -2.08. The molecular formula is C12H11NO4. The third-order valence-corrected chi connectivity index (χ3v) is 2.23. The molecule has 0 bridgehead atoms. The Morgan fingerprint density at radius 1 is 1.47 bits per heavy atom. The topological polar surface area (TPSA) is 61.6 Å². The zero-order chi connectivity index (χ0) is 12.1. The van der Waals surface area contributed by atoms with Gasteiger partial charge in [0.1, 0.15) is 24.4 Å². The lowest BCUT2D eigenvalue weighted by atomic mass is 10.2. The van der Waals surface area contributed by atoms with Crippen molar-refractivity contribution in [3.05, 3.63) is 41.8 Å². The first-order valence-electron chi connectivity index (χ1n) is 4.97. The van der Waals surface area contributed by atoms with Crippen molar-refractivity contribution in [2.45, 2.75) is 6.61 Å². The maximum Gasteiger partial charge on any atom is 0.153 e. The second-order valence-corrected chi connectivity index (χ2v) is 3.34. The van der Waals surface area contributed by atoms with Crippen LogP contribution in [-0.2, 0) is 6.61 Å². The number of hydrogen-bond donors (Lipinski definition) is 0. The van der Waals surface area contributed by atoms with E-state index in [2.05, 4.69) is 9.68 Å². The summed E-state index contributed by atoms with van der Waals surface area (Å²) in [6.45, 7) is 0.289. The molecule has 2 rings (SSSR count). The van der Waals surface area contributed by atoms with E-state index in [0.29, 0.717) is 17.1 Å². The fraction of sp³-hybridized carbons (Fsp3) is 0.167. The van der Waals surface area contributed by atoms with Gasteiger partial charge in [0.05, 0.1) is 18.9 Å². The Balaban J connectivity index is 2.15. The third-order valence-electron chi connectivity index (χ3n) is 2.23. The summed E-state index contributed by atoms with van der Waals surface area (Å²) in [5, 5.41) is 3.56. The van der Waals surface area contributed by atoms with Gasteiger partial charge in [0.2, 0.25) is 0 Å². The van der Waals surface area contributed by atoms with Gasteiger partial charge < -0.3 is 14.0 Å². The lowest BCUT2D eigenvalue weighted by molar-refractivity contribution is 0.111. The summed E-state index contributed by atoms with van der Waals surface area (Å²) in [7, 11) is 1.56. The van der Waals surface area contributed by atoms with Crippen LogP contribution in [0.15, 0.2) is 35.2 Å². The fourth-order valence-corrected chi connectivity index (χ4v) is 1.32. The number of ether oxygens (including phenoxy) is 2. The number of nitrogens with zero attached hydrogens (tertiary/aromatic N) is 1. The van der Waals surface area contributed by atoms with Crippen LogP contribution in [0.1, 0.15) is 15.9 Å². The number of aldehydes is 1. The predicted octanol–water partition coefficient (Wildman–Crippen LogP) is 2.07. The number of rotatable bonds is 5. The van der Waals surface area contributed by atoms with Gasteiger partial charge in [-0.1, -0.05) is 5.16 Å². The zero-order valence-corrected chi connectivity index (χ0v) is 9.25. The van der Waals surface area contributed by atoms with Crippen molar-refractivity contribution >= 4 is 6.29 Å². The summed E-state index contributed by atoms with van der Waals surface area (Å²) in [6, 6.07) is 5.02. The van der Waals surface area contributed by atoms with Crippen LogP contribution >= 0.6 is 0 Å². The number of methoxy groups -OCH3 is 1. The van der Waals surface area contributed by atoms with Crippen molar-refractivity contribution in [2.75, 3.05) is 7.11 Å². The minimum absolute atomic E-state index is 0.289. The smallest absolute Gasteiger partial charge is 0.153 e. The van der Waals surface area contributed by atoms with Crippen molar-refractivity contribution < 1.29 is 18.8 Å². The van der Waals surface area contributed by atoms with E-state index < -0.39 is 0 Å².